The van der Waals surface area contributed by atoms with Crippen LogP contribution in [-0.4, -0.2) is 59.8 Å². The lowest BCUT2D eigenvalue weighted by Gasteiger charge is -2.32. The van der Waals surface area contributed by atoms with Gasteiger partial charge in [0.15, 0.2) is 5.58 Å². The van der Waals surface area contributed by atoms with Gasteiger partial charge in [-0.15, -0.1) is 0 Å². The fourth-order valence-electron chi connectivity index (χ4n) is 4.34. The number of aromatic nitrogens is 1. The summed E-state index contributed by atoms with van der Waals surface area (Å²) in [6, 6.07) is 16.7. The number of carbonyl (C=O) groups is 2. The molecule has 0 atom stereocenters. The Morgan fingerprint density at radius 2 is 1.82 bits per heavy atom. The van der Waals surface area contributed by atoms with Gasteiger partial charge in [-0.25, -0.2) is 4.98 Å². The second-order valence-corrected chi connectivity index (χ2v) is 9.74. The number of carbonyl (C=O) groups excluding carboxylic acids is 2. The van der Waals surface area contributed by atoms with Crippen LogP contribution in [0.4, 0.5) is 5.82 Å². The molecule has 2 aromatic carbocycles. The summed E-state index contributed by atoms with van der Waals surface area (Å²) in [7, 11) is 2.07. The zero-order valence-corrected chi connectivity index (χ0v) is 21.7. The second kappa shape index (κ2) is 11.1. The number of hydrogen-bond donors (Lipinski definition) is 2. The van der Waals surface area contributed by atoms with Crippen LogP contribution in [0.25, 0.3) is 28.2 Å². The van der Waals surface area contributed by atoms with Crippen molar-refractivity contribution in [2.45, 2.75) is 6.54 Å². The monoisotopic (exact) mass is 529 g/mol. The van der Waals surface area contributed by atoms with Crippen molar-refractivity contribution in [2.24, 2.45) is 0 Å². The largest absolute Gasteiger partial charge is 0.458 e. The Morgan fingerprint density at radius 3 is 2.53 bits per heavy atom. The number of anilines is 1. The highest BCUT2D eigenvalue weighted by atomic mass is 35.5. The zero-order chi connectivity index (χ0) is 26.6. The van der Waals surface area contributed by atoms with E-state index in [4.69, 9.17) is 21.8 Å². The lowest BCUT2D eigenvalue weighted by molar-refractivity contribution is -0.116. The molecule has 38 heavy (non-hydrogen) atoms. The summed E-state index contributed by atoms with van der Waals surface area (Å²) in [4.78, 5) is 33.2. The molecule has 2 aromatic heterocycles. The van der Waals surface area contributed by atoms with Crippen molar-refractivity contribution >= 4 is 46.3 Å². The Labute approximate surface area is 225 Å². The fraction of sp³-hybridized carbons (Fsp3) is 0.207. The van der Waals surface area contributed by atoms with E-state index in [-0.39, 0.29) is 18.4 Å². The van der Waals surface area contributed by atoms with E-state index in [0.29, 0.717) is 27.7 Å². The summed E-state index contributed by atoms with van der Waals surface area (Å²) >= 11 is 6.54. The maximum atomic E-state index is 12.9. The molecule has 3 N–H and O–H groups in total. The van der Waals surface area contributed by atoms with Crippen LogP contribution in [0.2, 0.25) is 5.02 Å². The Bertz CT molecular complexity index is 1490. The van der Waals surface area contributed by atoms with Gasteiger partial charge in [0.2, 0.25) is 5.91 Å². The highest BCUT2D eigenvalue weighted by Gasteiger charge is 2.20. The minimum Gasteiger partial charge on any atom is -0.458 e. The number of pyridine rings is 1. The molecule has 2 amide bonds. The van der Waals surface area contributed by atoms with E-state index in [2.05, 4.69) is 22.2 Å². The summed E-state index contributed by atoms with van der Waals surface area (Å²) in [5.74, 6) is 0.801. The number of nitrogens with one attached hydrogen (secondary N) is 1. The molecular weight excluding hydrogens is 502 g/mol. The molecule has 1 fully saturated rings. The Hall–Kier alpha value is -4.14. The van der Waals surface area contributed by atoms with E-state index in [0.717, 1.165) is 48.3 Å². The van der Waals surface area contributed by atoms with Gasteiger partial charge in [-0.3, -0.25) is 9.59 Å². The van der Waals surface area contributed by atoms with Crippen LogP contribution in [0.5, 0.6) is 0 Å². The molecule has 0 bridgehead atoms. The van der Waals surface area contributed by atoms with Crippen LogP contribution in [-0.2, 0) is 11.3 Å². The van der Waals surface area contributed by atoms with Crippen molar-refractivity contribution in [1.29, 1.82) is 0 Å². The number of hydrogen-bond acceptors (Lipinski definition) is 6. The fourth-order valence-corrected chi connectivity index (χ4v) is 4.60. The number of furan rings is 1. The predicted octanol–water partition coefficient (Wildman–Crippen LogP) is 4.45. The minimum atomic E-state index is -0.264. The SMILES string of the molecule is CN1CCN(C(=O)c2ccc(-c3cc(Cl)c4oc(CNC(=O)C=Cc5ccc(N)nc5)cc4c3)cc2)CC1. The molecule has 4 aromatic rings. The van der Waals surface area contributed by atoms with Crippen molar-refractivity contribution in [3.05, 3.63) is 88.8 Å². The first kappa shape index (κ1) is 25.5. The van der Waals surface area contributed by atoms with Crippen LogP contribution in [0.15, 0.2) is 71.3 Å². The number of benzene rings is 2. The molecule has 9 heteroatoms. The number of amides is 2. The Kier molecular flexibility index (Phi) is 7.44. The van der Waals surface area contributed by atoms with E-state index >= 15 is 0 Å². The number of nitrogen functional groups attached to an aromatic ring is 1. The first-order chi connectivity index (χ1) is 18.4. The van der Waals surface area contributed by atoms with Gasteiger partial charge in [-0.1, -0.05) is 23.7 Å². The maximum Gasteiger partial charge on any atom is 0.253 e. The van der Waals surface area contributed by atoms with Crippen LogP contribution < -0.4 is 11.1 Å². The highest BCUT2D eigenvalue weighted by Crippen LogP contribution is 2.33. The molecule has 8 nitrogen and oxygen atoms in total. The van der Waals surface area contributed by atoms with Crippen molar-refractivity contribution < 1.29 is 14.0 Å². The van der Waals surface area contributed by atoms with Crippen LogP contribution in [0.1, 0.15) is 21.7 Å². The van der Waals surface area contributed by atoms with Crippen LogP contribution in [0, 0.1) is 0 Å². The standard InChI is InChI=1S/C29H28ClN5O3/c1-34-10-12-35(13-11-34)29(37)21-6-4-20(5-7-21)22-14-23-15-24(38-28(23)25(30)16-22)18-33-27(36)9-3-19-2-8-26(31)32-17-19/h2-9,14-17H,10-13,18H2,1H3,(H2,31,32)(H,33,36). The molecule has 0 radical (unpaired) electrons. The van der Waals surface area contributed by atoms with Gasteiger partial charge in [0, 0.05) is 49.4 Å². The number of nitrogens with two attached hydrogens (primary N) is 1. The number of halogens is 1. The van der Waals surface area contributed by atoms with Crippen molar-refractivity contribution in [3.63, 3.8) is 0 Å². The van der Waals surface area contributed by atoms with Gasteiger partial charge < -0.3 is 25.3 Å². The van der Waals surface area contributed by atoms with E-state index in [1.807, 2.05) is 47.4 Å². The average molecular weight is 530 g/mol. The van der Waals surface area contributed by atoms with E-state index in [9.17, 15) is 9.59 Å². The molecule has 5 rings (SSSR count). The zero-order valence-electron chi connectivity index (χ0n) is 21.0. The third-order valence-corrected chi connectivity index (χ3v) is 6.83. The first-order valence-corrected chi connectivity index (χ1v) is 12.7. The summed E-state index contributed by atoms with van der Waals surface area (Å²) < 4.78 is 5.89. The molecule has 0 spiro atoms. The van der Waals surface area contributed by atoms with Gasteiger partial charge in [0.1, 0.15) is 11.6 Å². The number of rotatable bonds is 6. The molecule has 3 heterocycles. The van der Waals surface area contributed by atoms with Gasteiger partial charge in [0.05, 0.1) is 11.6 Å². The predicted molar refractivity (Wildman–Crippen MR) is 150 cm³/mol. The Balaban J connectivity index is 1.25. The minimum absolute atomic E-state index is 0.0552. The molecule has 1 saturated heterocycles. The molecule has 194 valence electrons. The third kappa shape index (κ3) is 5.88. The van der Waals surface area contributed by atoms with Crippen LogP contribution >= 0.6 is 11.6 Å². The van der Waals surface area contributed by atoms with Gasteiger partial charge >= 0.3 is 0 Å². The summed E-state index contributed by atoms with van der Waals surface area (Å²) in [5.41, 5.74) is 9.44. The number of nitrogens with zero attached hydrogens (tertiary/aromatic N) is 3. The lowest BCUT2D eigenvalue weighted by atomic mass is 10.0. The third-order valence-electron chi connectivity index (χ3n) is 6.55. The quantitative estimate of drug-likeness (QED) is 0.358. The summed E-state index contributed by atoms with van der Waals surface area (Å²) in [6.45, 7) is 3.46. The topological polar surface area (TPSA) is 105 Å². The molecule has 0 unspecified atom stereocenters. The first-order valence-electron chi connectivity index (χ1n) is 12.3. The van der Waals surface area contributed by atoms with Crippen molar-refractivity contribution in [1.82, 2.24) is 20.1 Å². The maximum absolute atomic E-state index is 12.9. The summed E-state index contributed by atoms with van der Waals surface area (Å²) in [5, 5.41) is 4.11. The molecule has 0 saturated carbocycles. The van der Waals surface area contributed by atoms with Crippen molar-refractivity contribution in [2.75, 3.05) is 39.0 Å². The number of piperazine rings is 1. The molecule has 0 aliphatic carbocycles. The van der Waals surface area contributed by atoms with Gasteiger partial charge in [-0.2, -0.15) is 0 Å². The summed E-state index contributed by atoms with van der Waals surface area (Å²) in [6.07, 6.45) is 4.68. The van der Waals surface area contributed by atoms with Gasteiger partial charge in [0.25, 0.3) is 5.91 Å². The number of likely N-dealkylation sites (N-methyl/N-ethyl adjacent to an activating group) is 1. The van der Waals surface area contributed by atoms with Gasteiger partial charge in [-0.05, 0) is 72.3 Å². The molecule has 1 aliphatic heterocycles. The molecular formula is C29H28ClN5O3. The average Bonchev–Trinajstić information content (AvgIpc) is 3.35. The molecule has 1 aliphatic rings. The van der Waals surface area contributed by atoms with E-state index < -0.39 is 0 Å². The van der Waals surface area contributed by atoms with Crippen molar-refractivity contribution in [3.8, 4) is 11.1 Å². The smallest absolute Gasteiger partial charge is 0.253 e. The van der Waals surface area contributed by atoms with E-state index in [1.165, 1.54) is 6.08 Å². The number of fused-ring (bicyclic) bond motifs is 1. The lowest BCUT2D eigenvalue weighted by Crippen LogP contribution is -2.47. The Morgan fingerprint density at radius 1 is 1.05 bits per heavy atom. The second-order valence-electron chi connectivity index (χ2n) is 9.33. The van der Waals surface area contributed by atoms with E-state index in [1.54, 1.807) is 24.4 Å². The van der Waals surface area contributed by atoms with Crippen LogP contribution in [0.3, 0.4) is 0 Å². The normalized spacial score (nSPS) is 14.3. The highest BCUT2D eigenvalue weighted by molar-refractivity contribution is 6.35.